The van der Waals surface area contributed by atoms with Crippen LogP contribution in [-0.4, -0.2) is 4.98 Å². The second-order valence-corrected chi connectivity index (χ2v) is 6.72. The van der Waals surface area contributed by atoms with E-state index in [4.69, 9.17) is 0 Å². The van der Waals surface area contributed by atoms with Crippen molar-refractivity contribution >= 4 is 32.5 Å². The van der Waals surface area contributed by atoms with Crippen LogP contribution in [0.1, 0.15) is 30.1 Å². The molecule has 3 aromatic rings. The molecule has 2 nitrogen and oxygen atoms in total. The van der Waals surface area contributed by atoms with E-state index in [0.29, 0.717) is 0 Å². The van der Waals surface area contributed by atoms with Gasteiger partial charge in [-0.1, -0.05) is 22.0 Å². The zero-order valence-electron chi connectivity index (χ0n) is 12.0. The Morgan fingerprint density at radius 3 is 2.95 bits per heavy atom. The van der Waals surface area contributed by atoms with Gasteiger partial charge in [-0.15, -0.1) is 0 Å². The summed E-state index contributed by atoms with van der Waals surface area (Å²) in [6, 6.07) is 13.2. The SMILES string of the molecule is Fc1cccc(NC2CCCc3c2[nH]c2ccc(Br)cc32)c1. The molecular formula is C18H16BrFN2. The summed E-state index contributed by atoms with van der Waals surface area (Å²) >= 11 is 3.55. The Bertz CT molecular complexity index is 840. The molecule has 1 atom stereocenters. The highest BCUT2D eigenvalue weighted by molar-refractivity contribution is 9.10. The van der Waals surface area contributed by atoms with Gasteiger partial charge >= 0.3 is 0 Å². The van der Waals surface area contributed by atoms with Gasteiger partial charge in [-0.05, 0) is 61.2 Å². The van der Waals surface area contributed by atoms with E-state index in [9.17, 15) is 4.39 Å². The maximum Gasteiger partial charge on any atom is 0.125 e. The van der Waals surface area contributed by atoms with Crippen LogP contribution in [0.4, 0.5) is 10.1 Å². The summed E-state index contributed by atoms with van der Waals surface area (Å²) in [6.07, 6.45) is 3.28. The van der Waals surface area contributed by atoms with Crippen molar-refractivity contribution in [3.05, 3.63) is 64.0 Å². The summed E-state index contributed by atoms with van der Waals surface area (Å²) < 4.78 is 14.5. The molecule has 0 amide bonds. The molecule has 0 radical (unpaired) electrons. The summed E-state index contributed by atoms with van der Waals surface area (Å²) in [5.41, 5.74) is 4.62. The van der Waals surface area contributed by atoms with E-state index >= 15 is 0 Å². The number of aryl methyl sites for hydroxylation is 1. The van der Waals surface area contributed by atoms with E-state index in [0.717, 1.165) is 29.4 Å². The summed E-state index contributed by atoms with van der Waals surface area (Å²) in [4.78, 5) is 3.55. The minimum Gasteiger partial charge on any atom is -0.377 e. The van der Waals surface area contributed by atoms with Gasteiger partial charge in [0.1, 0.15) is 5.82 Å². The lowest BCUT2D eigenvalue weighted by Crippen LogP contribution is -2.17. The lowest BCUT2D eigenvalue weighted by Gasteiger charge is -2.24. The van der Waals surface area contributed by atoms with Crippen LogP contribution in [-0.2, 0) is 6.42 Å². The maximum atomic E-state index is 13.4. The van der Waals surface area contributed by atoms with Crippen molar-refractivity contribution in [1.82, 2.24) is 4.98 Å². The smallest absolute Gasteiger partial charge is 0.125 e. The van der Waals surface area contributed by atoms with Crippen molar-refractivity contribution in [3.8, 4) is 0 Å². The Balaban J connectivity index is 1.74. The topological polar surface area (TPSA) is 27.8 Å². The number of aromatic amines is 1. The van der Waals surface area contributed by atoms with Gasteiger partial charge in [0.2, 0.25) is 0 Å². The number of nitrogens with one attached hydrogen (secondary N) is 2. The van der Waals surface area contributed by atoms with Gasteiger partial charge in [0.15, 0.2) is 0 Å². The zero-order chi connectivity index (χ0) is 15.1. The van der Waals surface area contributed by atoms with Crippen LogP contribution in [0.2, 0.25) is 0 Å². The number of H-pyrrole nitrogens is 1. The van der Waals surface area contributed by atoms with Crippen molar-refractivity contribution in [2.45, 2.75) is 25.3 Å². The molecule has 4 heteroatoms. The molecule has 4 rings (SSSR count). The van der Waals surface area contributed by atoms with Crippen molar-refractivity contribution in [3.63, 3.8) is 0 Å². The van der Waals surface area contributed by atoms with Crippen LogP contribution in [0.25, 0.3) is 10.9 Å². The fourth-order valence-electron chi connectivity index (χ4n) is 3.36. The maximum absolute atomic E-state index is 13.4. The molecule has 0 saturated heterocycles. The van der Waals surface area contributed by atoms with E-state index in [-0.39, 0.29) is 11.9 Å². The van der Waals surface area contributed by atoms with Gasteiger partial charge in [0.25, 0.3) is 0 Å². The predicted octanol–water partition coefficient (Wildman–Crippen LogP) is 5.56. The Hall–Kier alpha value is -1.81. The first-order valence-corrected chi connectivity index (χ1v) is 8.32. The molecule has 1 heterocycles. The average Bonchev–Trinajstić information content (AvgIpc) is 2.87. The van der Waals surface area contributed by atoms with Crippen LogP contribution >= 0.6 is 15.9 Å². The second-order valence-electron chi connectivity index (χ2n) is 5.81. The molecule has 0 saturated carbocycles. The molecule has 2 N–H and O–H groups in total. The molecule has 22 heavy (non-hydrogen) atoms. The van der Waals surface area contributed by atoms with E-state index in [1.54, 1.807) is 12.1 Å². The van der Waals surface area contributed by atoms with Gasteiger partial charge in [-0.25, -0.2) is 4.39 Å². The molecule has 112 valence electrons. The molecular weight excluding hydrogens is 343 g/mol. The quantitative estimate of drug-likeness (QED) is 0.616. The number of halogens is 2. The summed E-state index contributed by atoms with van der Waals surface area (Å²) in [6.45, 7) is 0. The third-order valence-electron chi connectivity index (χ3n) is 4.33. The second kappa shape index (κ2) is 5.43. The van der Waals surface area contributed by atoms with Crippen LogP contribution in [0, 0.1) is 5.82 Å². The largest absolute Gasteiger partial charge is 0.377 e. The highest BCUT2D eigenvalue weighted by Crippen LogP contribution is 2.37. The minimum absolute atomic E-state index is 0.205. The Morgan fingerprint density at radius 2 is 2.09 bits per heavy atom. The van der Waals surface area contributed by atoms with Crippen molar-refractivity contribution in [1.29, 1.82) is 0 Å². The summed E-state index contributed by atoms with van der Waals surface area (Å²) in [5, 5.41) is 4.76. The average molecular weight is 359 g/mol. The molecule has 1 aliphatic carbocycles. The van der Waals surface area contributed by atoms with Gasteiger partial charge in [0, 0.05) is 26.8 Å². The fourth-order valence-corrected chi connectivity index (χ4v) is 3.72. The van der Waals surface area contributed by atoms with E-state index < -0.39 is 0 Å². The third kappa shape index (κ3) is 2.41. The molecule has 0 aliphatic heterocycles. The standard InChI is InChI=1S/C18H16BrFN2/c19-11-7-8-16-15(9-11)14-5-2-6-17(18(14)22-16)21-13-4-1-3-12(20)10-13/h1,3-4,7-10,17,21-22H,2,5-6H2. The van der Waals surface area contributed by atoms with Crippen LogP contribution < -0.4 is 5.32 Å². The highest BCUT2D eigenvalue weighted by atomic mass is 79.9. The monoisotopic (exact) mass is 358 g/mol. The predicted molar refractivity (Wildman–Crippen MR) is 91.7 cm³/mol. The highest BCUT2D eigenvalue weighted by Gasteiger charge is 2.24. The van der Waals surface area contributed by atoms with Crippen molar-refractivity contribution < 1.29 is 4.39 Å². The molecule has 0 bridgehead atoms. The summed E-state index contributed by atoms with van der Waals surface area (Å²) in [5.74, 6) is -0.207. The number of hydrogen-bond donors (Lipinski definition) is 2. The van der Waals surface area contributed by atoms with Crippen molar-refractivity contribution in [2.75, 3.05) is 5.32 Å². The van der Waals surface area contributed by atoms with Gasteiger partial charge in [-0.2, -0.15) is 0 Å². The number of benzene rings is 2. The lowest BCUT2D eigenvalue weighted by molar-refractivity contribution is 0.590. The van der Waals surface area contributed by atoms with E-state index in [2.05, 4.69) is 44.4 Å². The number of aromatic nitrogens is 1. The van der Waals surface area contributed by atoms with E-state index in [1.165, 1.54) is 28.2 Å². The number of anilines is 1. The molecule has 0 spiro atoms. The van der Waals surface area contributed by atoms with Crippen LogP contribution in [0.15, 0.2) is 46.9 Å². The molecule has 0 fully saturated rings. The molecule has 1 aliphatic rings. The Labute approximate surface area is 136 Å². The number of rotatable bonds is 2. The first-order valence-electron chi connectivity index (χ1n) is 7.53. The van der Waals surface area contributed by atoms with Gasteiger partial charge < -0.3 is 10.3 Å². The first-order chi connectivity index (χ1) is 10.7. The van der Waals surface area contributed by atoms with Crippen molar-refractivity contribution in [2.24, 2.45) is 0 Å². The van der Waals surface area contributed by atoms with Gasteiger partial charge in [-0.3, -0.25) is 0 Å². The third-order valence-corrected chi connectivity index (χ3v) is 4.83. The Kier molecular flexibility index (Phi) is 3.41. The number of fused-ring (bicyclic) bond motifs is 3. The number of hydrogen-bond acceptors (Lipinski definition) is 1. The molecule has 1 unspecified atom stereocenters. The summed E-state index contributed by atoms with van der Waals surface area (Å²) in [7, 11) is 0. The van der Waals surface area contributed by atoms with Crippen LogP contribution in [0.3, 0.4) is 0 Å². The fraction of sp³-hybridized carbons (Fsp3) is 0.222. The molecule has 2 aromatic carbocycles. The lowest BCUT2D eigenvalue weighted by atomic mass is 9.91. The molecule has 1 aromatic heterocycles. The van der Waals surface area contributed by atoms with Crippen LogP contribution in [0.5, 0.6) is 0 Å². The zero-order valence-corrected chi connectivity index (χ0v) is 13.6. The minimum atomic E-state index is -0.207. The first kappa shape index (κ1) is 13.8. The van der Waals surface area contributed by atoms with Gasteiger partial charge in [0.05, 0.1) is 6.04 Å². The normalized spacial score (nSPS) is 17.5. The van der Waals surface area contributed by atoms with E-state index in [1.807, 2.05) is 6.07 Å². The Morgan fingerprint density at radius 1 is 1.18 bits per heavy atom.